The van der Waals surface area contributed by atoms with Crippen LogP contribution in [-0.2, 0) is 0 Å². The maximum Gasteiger partial charge on any atom is 0.178 e. The third-order valence-electron chi connectivity index (χ3n) is 2.35. The normalized spacial score (nSPS) is 9.76. The molecule has 1 aromatic carbocycles. The summed E-state index contributed by atoms with van der Waals surface area (Å²) >= 11 is 3.34. The molecular weight excluding hydrogens is 282 g/mol. The molecule has 1 aromatic rings. The predicted molar refractivity (Wildman–Crippen MR) is 70.4 cm³/mol. The highest BCUT2D eigenvalue weighted by Crippen LogP contribution is 2.34. The molecule has 0 aliphatic carbocycles. The first-order valence-corrected chi connectivity index (χ1v) is 6.42. The van der Waals surface area contributed by atoms with Crippen LogP contribution in [0.1, 0.15) is 31.7 Å². The lowest BCUT2D eigenvalue weighted by Crippen LogP contribution is -2.01. The van der Waals surface area contributed by atoms with Crippen molar-refractivity contribution in [3.8, 4) is 17.6 Å². The predicted octanol–water partition coefficient (Wildman–Crippen LogP) is 3.90. The van der Waals surface area contributed by atoms with Gasteiger partial charge in [-0.05, 0) is 18.6 Å². The van der Waals surface area contributed by atoms with E-state index in [9.17, 15) is 0 Å². The number of benzene rings is 1. The van der Waals surface area contributed by atoms with Crippen LogP contribution in [0.5, 0.6) is 11.5 Å². The van der Waals surface area contributed by atoms with E-state index in [0.717, 1.165) is 23.7 Å². The number of nitriles is 1. The van der Waals surface area contributed by atoms with E-state index in [1.807, 2.05) is 0 Å². The topological polar surface area (TPSA) is 42.2 Å². The van der Waals surface area contributed by atoms with Crippen molar-refractivity contribution in [3.63, 3.8) is 0 Å². The minimum Gasteiger partial charge on any atom is -0.493 e. The Bertz CT molecular complexity index is 413. The molecule has 0 aliphatic heterocycles. The Morgan fingerprint density at radius 3 is 2.71 bits per heavy atom. The van der Waals surface area contributed by atoms with Crippen LogP contribution in [-0.4, -0.2) is 13.7 Å². The van der Waals surface area contributed by atoms with Gasteiger partial charge in [-0.15, -0.1) is 0 Å². The quantitative estimate of drug-likeness (QED) is 0.748. The summed E-state index contributed by atoms with van der Waals surface area (Å²) in [5, 5.41) is 9.06. The molecule has 0 atom stereocenters. The highest BCUT2D eigenvalue weighted by molar-refractivity contribution is 9.10. The van der Waals surface area contributed by atoms with E-state index >= 15 is 0 Å². The first-order chi connectivity index (χ1) is 8.22. The average Bonchev–Trinajstić information content (AvgIpc) is 2.35. The fourth-order valence-electron chi connectivity index (χ4n) is 1.48. The first-order valence-electron chi connectivity index (χ1n) is 5.63. The minimum atomic E-state index is 0.493. The van der Waals surface area contributed by atoms with Crippen LogP contribution in [0.3, 0.4) is 0 Å². The van der Waals surface area contributed by atoms with Gasteiger partial charge >= 0.3 is 0 Å². The Labute approximate surface area is 110 Å². The molecule has 17 heavy (non-hydrogen) atoms. The molecule has 0 heterocycles. The van der Waals surface area contributed by atoms with Crippen molar-refractivity contribution >= 4 is 15.9 Å². The van der Waals surface area contributed by atoms with Crippen molar-refractivity contribution in [1.82, 2.24) is 0 Å². The summed E-state index contributed by atoms with van der Waals surface area (Å²) in [4.78, 5) is 0. The fraction of sp³-hybridized carbons (Fsp3) is 0.462. The Morgan fingerprint density at radius 2 is 2.12 bits per heavy atom. The van der Waals surface area contributed by atoms with Gasteiger partial charge in [-0.25, -0.2) is 0 Å². The maximum absolute atomic E-state index is 9.06. The van der Waals surface area contributed by atoms with Gasteiger partial charge < -0.3 is 9.47 Å². The second kappa shape index (κ2) is 7.18. The third-order valence-corrected chi connectivity index (χ3v) is 2.81. The molecule has 92 valence electrons. The van der Waals surface area contributed by atoms with E-state index in [4.69, 9.17) is 14.7 Å². The molecule has 4 heteroatoms. The molecule has 0 unspecified atom stereocenters. The second-order valence-corrected chi connectivity index (χ2v) is 4.57. The number of nitrogens with zero attached hydrogens (tertiary/aromatic N) is 1. The first kappa shape index (κ1) is 13.9. The van der Waals surface area contributed by atoms with Crippen molar-refractivity contribution < 1.29 is 9.47 Å². The largest absolute Gasteiger partial charge is 0.493 e. The van der Waals surface area contributed by atoms with E-state index < -0.39 is 0 Å². The molecule has 0 spiro atoms. The zero-order valence-electron chi connectivity index (χ0n) is 10.1. The van der Waals surface area contributed by atoms with Gasteiger partial charge in [-0.3, -0.25) is 0 Å². The molecule has 0 amide bonds. The fourth-order valence-corrected chi connectivity index (χ4v) is 1.92. The molecular formula is C13H16BrNO2. The smallest absolute Gasteiger partial charge is 0.178 e. The monoisotopic (exact) mass is 297 g/mol. The summed E-state index contributed by atoms with van der Waals surface area (Å²) in [6.45, 7) is 2.75. The number of rotatable bonds is 6. The van der Waals surface area contributed by atoms with Crippen LogP contribution in [0.4, 0.5) is 0 Å². The SMILES string of the molecule is CCCCCOc1c(C#N)cc(Br)cc1OC. The zero-order chi connectivity index (χ0) is 12.7. The lowest BCUT2D eigenvalue weighted by atomic mass is 10.2. The van der Waals surface area contributed by atoms with Crippen molar-refractivity contribution in [3.05, 3.63) is 22.2 Å². The summed E-state index contributed by atoms with van der Waals surface area (Å²) in [7, 11) is 1.57. The number of methoxy groups -OCH3 is 1. The Morgan fingerprint density at radius 1 is 1.35 bits per heavy atom. The molecule has 0 radical (unpaired) electrons. The number of hydrogen-bond donors (Lipinski definition) is 0. The summed E-state index contributed by atoms with van der Waals surface area (Å²) < 4.78 is 11.7. The third kappa shape index (κ3) is 3.94. The van der Waals surface area contributed by atoms with Crippen LogP contribution in [0.2, 0.25) is 0 Å². The molecule has 0 fully saturated rings. The molecule has 0 saturated carbocycles. The molecule has 0 aromatic heterocycles. The van der Waals surface area contributed by atoms with Crippen LogP contribution in [0.15, 0.2) is 16.6 Å². The van der Waals surface area contributed by atoms with Crippen LogP contribution >= 0.6 is 15.9 Å². The Kier molecular flexibility index (Phi) is 5.85. The van der Waals surface area contributed by atoms with Crippen LogP contribution in [0, 0.1) is 11.3 Å². The van der Waals surface area contributed by atoms with Crippen molar-refractivity contribution in [2.75, 3.05) is 13.7 Å². The lowest BCUT2D eigenvalue weighted by Gasteiger charge is -2.12. The number of hydrogen-bond acceptors (Lipinski definition) is 3. The standard InChI is InChI=1S/C13H16BrNO2/c1-3-4-5-6-17-13-10(9-15)7-11(14)8-12(13)16-2/h7-8H,3-6H2,1-2H3. The summed E-state index contributed by atoms with van der Waals surface area (Å²) in [6, 6.07) is 5.65. The van der Waals surface area contributed by atoms with Gasteiger partial charge in [0.15, 0.2) is 11.5 Å². The van der Waals surface area contributed by atoms with Crippen LogP contribution < -0.4 is 9.47 Å². The highest BCUT2D eigenvalue weighted by atomic mass is 79.9. The molecule has 0 saturated heterocycles. The molecule has 0 bridgehead atoms. The van der Waals surface area contributed by atoms with Gasteiger partial charge in [-0.2, -0.15) is 5.26 Å². The van der Waals surface area contributed by atoms with E-state index in [2.05, 4.69) is 28.9 Å². The van der Waals surface area contributed by atoms with Gasteiger partial charge in [0.2, 0.25) is 0 Å². The van der Waals surface area contributed by atoms with E-state index in [0.29, 0.717) is 23.7 Å². The van der Waals surface area contributed by atoms with E-state index in [1.165, 1.54) is 0 Å². The average molecular weight is 298 g/mol. The van der Waals surface area contributed by atoms with Crippen molar-refractivity contribution in [2.24, 2.45) is 0 Å². The van der Waals surface area contributed by atoms with Gasteiger partial charge in [0.25, 0.3) is 0 Å². The summed E-state index contributed by atoms with van der Waals surface area (Å²) in [5.41, 5.74) is 0.493. The van der Waals surface area contributed by atoms with Gasteiger partial charge in [0.1, 0.15) is 6.07 Å². The zero-order valence-corrected chi connectivity index (χ0v) is 11.7. The lowest BCUT2D eigenvalue weighted by molar-refractivity contribution is 0.285. The second-order valence-electron chi connectivity index (χ2n) is 3.65. The van der Waals surface area contributed by atoms with Crippen molar-refractivity contribution in [1.29, 1.82) is 5.26 Å². The molecule has 0 N–H and O–H groups in total. The molecule has 0 aliphatic rings. The summed E-state index contributed by atoms with van der Waals surface area (Å²) in [6.07, 6.45) is 3.26. The van der Waals surface area contributed by atoms with E-state index in [1.54, 1.807) is 19.2 Å². The Balaban J connectivity index is 2.84. The Hall–Kier alpha value is -1.21. The highest BCUT2D eigenvalue weighted by Gasteiger charge is 2.12. The number of ether oxygens (including phenoxy) is 2. The molecule has 3 nitrogen and oxygen atoms in total. The van der Waals surface area contributed by atoms with Gasteiger partial charge in [0, 0.05) is 4.47 Å². The van der Waals surface area contributed by atoms with Crippen LogP contribution in [0.25, 0.3) is 0 Å². The van der Waals surface area contributed by atoms with Crippen molar-refractivity contribution in [2.45, 2.75) is 26.2 Å². The minimum absolute atomic E-state index is 0.493. The molecule has 1 rings (SSSR count). The van der Waals surface area contributed by atoms with Gasteiger partial charge in [-0.1, -0.05) is 35.7 Å². The summed E-state index contributed by atoms with van der Waals surface area (Å²) in [5.74, 6) is 1.13. The maximum atomic E-state index is 9.06. The van der Waals surface area contributed by atoms with E-state index in [-0.39, 0.29) is 0 Å². The van der Waals surface area contributed by atoms with Gasteiger partial charge in [0.05, 0.1) is 19.3 Å². The number of halogens is 1. The number of unbranched alkanes of at least 4 members (excludes halogenated alkanes) is 2.